The van der Waals surface area contributed by atoms with Crippen molar-refractivity contribution < 1.29 is 8.42 Å². The van der Waals surface area contributed by atoms with E-state index in [0.29, 0.717) is 10.7 Å². The molecule has 1 aromatic carbocycles. The summed E-state index contributed by atoms with van der Waals surface area (Å²) in [7, 11) is -3.65. The number of hydrazone groups is 1. The molecule has 2 aromatic rings. The number of nitrogens with one attached hydrogen (secondary N) is 1. The van der Waals surface area contributed by atoms with Crippen LogP contribution in [0.5, 0.6) is 0 Å². The summed E-state index contributed by atoms with van der Waals surface area (Å²) in [5, 5.41) is 4.06. The number of benzene rings is 1. The second-order valence-corrected chi connectivity index (χ2v) is 6.13. The Labute approximate surface area is 122 Å². The van der Waals surface area contributed by atoms with Crippen LogP contribution in [0.15, 0.2) is 52.6 Å². The normalized spacial score (nSPS) is 11.7. The maximum absolute atomic E-state index is 11.9. The number of hydrogen-bond donors (Lipinski definition) is 1. The zero-order valence-electron chi connectivity index (χ0n) is 10.6. The average Bonchev–Trinajstić information content (AvgIpc) is 2.41. The fourth-order valence-corrected chi connectivity index (χ4v) is 2.31. The summed E-state index contributed by atoms with van der Waals surface area (Å²) in [6, 6.07) is 9.77. The molecular formula is C13H12ClN3O2S. The van der Waals surface area contributed by atoms with Gasteiger partial charge in [-0.15, -0.1) is 0 Å². The van der Waals surface area contributed by atoms with E-state index in [-0.39, 0.29) is 4.90 Å². The SMILES string of the molecule is Cc1ccc(S(=O)(=O)NN=Cc2ccc(Cl)nc2)cc1. The summed E-state index contributed by atoms with van der Waals surface area (Å²) >= 11 is 5.64. The third-order valence-electron chi connectivity index (χ3n) is 2.47. The monoisotopic (exact) mass is 309 g/mol. The van der Waals surface area contributed by atoms with Gasteiger partial charge >= 0.3 is 0 Å². The Balaban J connectivity index is 2.09. The second-order valence-electron chi connectivity index (χ2n) is 4.08. The number of halogens is 1. The Morgan fingerprint density at radius 1 is 1.20 bits per heavy atom. The molecule has 7 heteroatoms. The number of sulfonamides is 1. The van der Waals surface area contributed by atoms with E-state index in [1.807, 2.05) is 6.92 Å². The molecule has 0 aliphatic carbocycles. The van der Waals surface area contributed by atoms with E-state index in [2.05, 4.69) is 14.9 Å². The van der Waals surface area contributed by atoms with Crippen LogP contribution in [0.2, 0.25) is 5.15 Å². The molecule has 0 bridgehead atoms. The van der Waals surface area contributed by atoms with E-state index in [9.17, 15) is 8.42 Å². The molecule has 0 spiro atoms. The number of aryl methyl sites for hydroxylation is 1. The standard InChI is InChI=1S/C13H12ClN3O2S/c1-10-2-5-12(6-3-10)20(18,19)17-16-9-11-4-7-13(14)15-8-11/h2-9,17H,1H3. The molecule has 0 fully saturated rings. The maximum atomic E-state index is 11.9. The minimum atomic E-state index is -3.65. The van der Waals surface area contributed by atoms with Gasteiger partial charge in [0.2, 0.25) is 0 Å². The van der Waals surface area contributed by atoms with Crippen LogP contribution in [0.25, 0.3) is 0 Å². The van der Waals surface area contributed by atoms with E-state index >= 15 is 0 Å². The van der Waals surface area contributed by atoms with Crippen molar-refractivity contribution in [2.24, 2.45) is 5.10 Å². The van der Waals surface area contributed by atoms with Crippen LogP contribution in [0.3, 0.4) is 0 Å². The van der Waals surface area contributed by atoms with Crippen LogP contribution in [0, 0.1) is 6.92 Å². The first-order valence-electron chi connectivity index (χ1n) is 5.70. The highest BCUT2D eigenvalue weighted by Gasteiger charge is 2.11. The predicted octanol–water partition coefficient (Wildman–Crippen LogP) is 2.36. The van der Waals surface area contributed by atoms with Crippen molar-refractivity contribution in [2.45, 2.75) is 11.8 Å². The number of nitrogens with zero attached hydrogens (tertiary/aromatic N) is 2. The fourth-order valence-electron chi connectivity index (χ4n) is 1.40. The van der Waals surface area contributed by atoms with Gasteiger partial charge in [-0.1, -0.05) is 29.3 Å². The Kier molecular flexibility index (Phi) is 4.36. The Bertz CT molecular complexity index is 710. The second kappa shape index (κ2) is 6.02. The molecule has 104 valence electrons. The Hall–Kier alpha value is -1.92. The lowest BCUT2D eigenvalue weighted by atomic mass is 10.2. The highest BCUT2D eigenvalue weighted by atomic mass is 35.5. The van der Waals surface area contributed by atoms with Crippen LogP contribution in [-0.4, -0.2) is 19.6 Å². The summed E-state index contributed by atoms with van der Waals surface area (Å²) in [5.41, 5.74) is 1.63. The van der Waals surface area contributed by atoms with E-state index in [1.165, 1.54) is 24.5 Å². The molecule has 0 amide bonds. The predicted molar refractivity (Wildman–Crippen MR) is 78.3 cm³/mol. The summed E-state index contributed by atoms with van der Waals surface area (Å²) in [5.74, 6) is 0. The molecule has 0 saturated carbocycles. The first-order valence-corrected chi connectivity index (χ1v) is 7.56. The van der Waals surface area contributed by atoms with E-state index in [1.54, 1.807) is 24.3 Å². The highest BCUT2D eigenvalue weighted by molar-refractivity contribution is 7.89. The van der Waals surface area contributed by atoms with Crippen molar-refractivity contribution in [1.29, 1.82) is 0 Å². The van der Waals surface area contributed by atoms with E-state index < -0.39 is 10.0 Å². The molecule has 0 aliphatic heterocycles. The molecular weight excluding hydrogens is 298 g/mol. The van der Waals surface area contributed by atoms with Crippen molar-refractivity contribution in [2.75, 3.05) is 0 Å². The zero-order valence-corrected chi connectivity index (χ0v) is 12.2. The van der Waals surface area contributed by atoms with Gasteiger partial charge in [-0.05, 0) is 31.2 Å². The lowest BCUT2D eigenvalue weighted by Crippen LogP contribution is -2.18. The van der Waals surface area contributed by atoms with Gasteiger partial charge < -0.3 is 0 Å². The average molecular weight is 310 g/mol. The summed E-state index contributed by atoms with van der Waals surface area (Å²) in [6.07, 6.45) is 2.85. The molecule has 0 atom stereocenters. The van der Waals surface area contributed by atoms with Gasteiger partial charge in [0.05, 0.1) is 11.1 Å². The van der Waals surface area contributed by atoms with Gasteiger partial charge in [0, 0.05) is 11.8 Å². The van der Waals surface area contributed by atoms with Crippen LogP contribution >= 0.6 is 11.6 Å². The third-order valence-corrected chi connectivity index (χ3v) is 3.93. The van der Waals surface area contributed by atoms with Gasteiger partial charge in [0.1, 0.15) is 5.15 Å². The zero-order chi connectivity index (χ0) is 14.6. The van der Waals surface area contributed by atoms with Crippen LogP contribution in [0.1, 0.15) is 11.1 Å². The van der Waals surface area contributed by atoms with Crippen molar-refractivity contribution in [3.05, 3.63) is 58.9 Å². The summed E-state index contributed by atoms with van der Waals surface area (Å²) < 4.78 is 23.9. The van der Waals surface area contributed by atoms with Crippen molar-refractivity contribution >= 4 is 27.8 Å². The molecule has 2 rings (SSSR count). The lowest BCUT2D eigenvalue weighted by Gasteiger charge is -2.03. The van der Waals surface area contributed by atoms with Crippen LogP contribution in [0.4, 0.5) is 0 Å². The number of pyridine rings is 1. The smallest absolute Gasteiger partial charge is 0.244 e. The van der Waals surface area contributed by atoms with Crippen molar-refractivity contribution in [1.82, 2.24) is 9.82 Å². The molecule has 5 nitrogen and oxygen atoms in total. The Morgan fingerprint density at radius 3 is 2.50 bits per heavy atom. The molecule has 0 saturated heterocycles. The van der Waals surface area contributed by atoms with Gasteiger partial charge in [0.25, 0.3) is 10.0 Å². The number of rotatable bonds is 4. The number of aromatic nitrogens is 1. The fraction of sp³-hybridized carbons (Fsp3) is 0.0769. The molecule has 0 aliphatic rings. The van der Waals surface area contributed by atoms with E-state index in [0.717, 1.165) is 5.56 Å². The largest absolute Gasteiger partial charge is 0.276 e. The quantitative estimate of drug-likeness (QED) is 0.535. The molecule has 0 radical (unpaired) electrons. The number of hydrogen-bond acceptors (Lipinski definition) is 4. The van der Waals surface area contributed by atoms with E-state index in [4.69, 9.17) is 11.6 Å². The molecule has 20 heavy (non-hydrogen) atoms. The van der Waals surface area contributed by atoms with Gasteiger partial charge in [-0.2, -0.15) is 13.5 Å². The topological polar surface area (TPSA) is 71.4 Å². The summed E-state index contributed by atoms with van der Waals surface area (Å²) in [6.45, 7) is 1.88. The van der Waals surface area contributed by atoms with Gasteiger partial charge in [0.15, 0.2) is 0 Å². The van der Waals surface area contributed by atoms with Gasteiger partial charge in [-0.3, -0.25) is 0 Å². The Morgan fingerprint density at radius 2 is 1.90 bits per heavy atom. The first-order chi connectivity index (χ1) is 9.47. The van der Waals surface area contributed by atoms with Crippen LogP contribution < -0.4 is 4.83 Å². The highest BCUT2D eigenvalue weighted by Crippen LogP contribution is 2.09. The third kappa shape index (κ3) is 3.79. The molecule has 1 aromatic heterocycles. The maximum Gasteiger partial charge on any atom is 0.276 e. The van der Waals surface area contributed by atoms with Crippen molar-refractivity contribution in [3.63, 3.8) is 0 Å². The summed E-state index contributed by atoms with van der Waals surface area (Å²) in [4.78, 5) is 6.16. The lowest BCUT2D eigenvalue weighted by molar-refractivity contribution is 0.584. The molecule has 1 N–H and O–H groups in total. The van der Waals surface area contributed by atoms with Crippen molar-refractivity contribution in [3.8, 4) is 0 Å². The van der Waals surface area contributed by atoms with Gasteiger partial charge in [-0.25, -0.2) is 9.82 Å². The minimum Gasteiger partial charge on any atom is -0.244 e. The van der Waals surface area contributed by atoms with Crippen LogP contribution in [-0.2, 0) is 10.0 Å². The molecule has 1 heterocycles. The minimum absolute atomic E-state index is 0.162. The molecule has 0 unspecified atom stereocenters. The first kappa shape index (κ1) is 14.5.